The summed E-state index contributed by atoms with van der Waals surface area (Å²) in [5, 5.41) is 8.65. The van der Waals surface area contributed by atoms with Gasteiger partial charge in [-0.15, -0.1) is 0 Å². The van der Waals surface area contributed by atoms with Gasteiger partial charge in [0.25, 0.3) is 5.56 Å². The Bertz CT molecular complexity index is 501. The Morgan fingerprint density at radius 1 is 1.59 bits per heavy atom. The topological polar surface area (TPSA) is 84.3 Å². The summed E-state index contributed by atoms with van der Waals surface area (Å²) in [6.45, 7) is 1.64. The summed E-state index contributed by atoms with van der Waals surface area (Å²) >= 11 is 0. The van der Waals surface area contributed by atoms with E-state index in [1.165, 1.54) is 17.9 Å². The molecular weight excluding hydrogens is 224 g/mol. The van der Waals surface area contributed by atoms with Crippen molar-refractivity contribution in [2.75, 3.05) is 13.7 Å². The molecule has 0 saturated heterocycles. The van der Waals surface area contributed by atoms with Crippen LogP contribution in [0.15, 0.2) is 27.9 Å². The highest BCUT2D eigenvalue weighted by Crippen LogP contribution is 2.06. The van der Waals surface area contributed by atoms with Crippen LogP contribution in [0.2, 0.25) is 0 Å². The normalized spacial score (nSPS) is 13.1. The summed E-state index contributed by atoms with van der Waals surface area (Å²) in [6.07, 6.45) is 4.69. The zero-order chi connectivity index (χ0) is 12.8. The molecule has 6 nitrogen and oxygen atoms in total. The zero-order valence-corrected chi connectivity index (χ0v) is 9.84. The average Bonchev–Trinajstić information content (AvgIpc) is 2.30. The van der Waals surface area contributed by atoms with Crippen molar-refractivity contribution in [3.05, 3.63) is 44.8 Å². The van der Waals surface area contributed by atoms with Crippen molar-refractivity contribution >= 4 is 0 Å². The Balaban J connectivity index is 3.08. The first-order chi connectivity index (χ1) is 8.10. The number of aryl methyl sites for hydroxylation is 1. The van der Waals surface area contributed by atoms with Crippen LogP contribution in [0.3, 0.4) is 0 Å². The third-order valence-corrected chi connectivity index (χ3v) is 2.26. The van der Waals surface area contributed by atoms with Gasteiger partial charge in [-0.3, -0.25) is 14.3 Å². The van der Waals surface area contributed by atoms with E-state index in [2.05, 4.69) is 4.98 Å². The predicted octanol–water partition coefficient (Wildman–Crippen LogP) is -0.0714. The van der Waals surface area contributed by atoms with Gasteiger partial charge in [-0.05, 0) is 19.4 Å². The Morgan fingerprint density at radius 3 is 2.88 bits per heavy atom. The summed E-state index contributed by atoms with van der Waals surface area (Å²) in [6, 6.07) is 0. The maximum atomic E-state index is 11.6. The van der Waals surface area contributed by atoms with Gasteiger partial charge in [0.2, 0.25) is 0 Å². The van der Waals surface area contributed by atoms with E-state index in [1.54, 1.807) is 19.1 Å². The standard InChI is InChI=1S/C11H16N2O4/c1-8-7-13(11(16)12-10(8)15)9(17-2)5-3-4-6-14/h3,5,7,9,14H,4,6H2,1-2H3,(H,12,15,16). The van der Waals surface area contributed by atoms with Gasteiger partial charge < -0.3 is 9.84 Å². The van der Waals surface area contributed by atoms with Gasteiger partial charge in [0.05, 0.1) is 0 Å². The molecule has 0 aliphatic heterocycles. The molecule has 0 aliphatic carbocycles. The van der Waals surface area contributed by atoms with Crippen molar-refractivity contribution in [2.24, 2.45) is 0 Å². The number of aliphatic hydroxyl groups excluding tert-OH is 1. The number of aromatic nitrogens is 2. The van der Waals surface area contributed by atoms with Gasteiger partial charge in [0.1, 0.15) is 0 Å². The number of aliphatic hydroxyl groups is 1. The third-order valence-electron chi connectivity index (χ3n) is 2.26. The molecule has 1 aromatic heterocycles. The lowest BCUT2D eigenvalue weighted by Gasteiger charge is -2.14. The lowest BCUT2D eigenvalue weighted by atomic mass is 10.3. The third kappa shape index (κ3) is 3.40. The molecule has 94 valence electrons. The van der Waals surface area contributed by atoms with Crippen LogP contribution < -0.4 is 11.2 Å². The number of nitrogens with one attached hydrogen (secondary N) is 1. The van der Waals surface area contributed by atoms with E-state index in [4.69, 9.17) is 9.84 Å². The fraction of sp³-hybridized carbons (Fsp3) is 0.455. The minimum absolute atomic E-state index is 0.0342. The van der Waals surface area contributed by atoms with Crippen LogP contribution in [0.5, 0.6) is 0 Å². The molecule has 1 heterocycles. The lowest BCUT2D eigenvalue weighted by molar-refractivity contribution is 0.0803. The van der Waals surface area contributed by atoms with Crippen LogP contribution in [0.4, 0.5) is 0 Å². The van der Waals surface area contributed by atoms with Crippen LogP contribution in [0, 0.1) is 6.92 Å². The molecule has 2 N–H and O–H groups in total. The van der Waals surface area contributed by atoms with Gasteiger partial charge in [-0.25, -0.2) is 4.79 Å². The maximum Gasteiger partial charge on any atom is 0.330 e. The van der Waals surface area contributed by atoms with E-state index >= 15 is 0 Å². The van der Waals surface area contributed by atoms with Gasteiger partial charge >= 0.3 is 5.69 Å². The molecule has 0 amide bonds. The van der Waals surface area contributed by atoms with Crippen LogP contribution in [0.25, 0.3) is 0 Å². The second-order valence-electron chi connectivity index (χ2n) is 3.55. The summed E-state index contributed by atoms with van der Waals surface area (Å²) < 4.78 is 6.41. The Kier molecular flexibility index (Phi) is 4.86. The number of hydrogen-bond donors (Lipinski definition) is 2. The van der Waals surface area contributed by atoms with Crippen molar-refractivity contribution < 1.29 is 9.84 Å². The lowest BCUT2D eigenvalue weighted by Crippen LogP contribution is -2.33. The minimum atomic E-state index is -0.593. The van der Waals surface area contributed by atoms with E-state index in [0.29, 0.717) is 12.0 Å². The van der Waals surface area contributed by atoms with Gasteiger partial charge in [0.15, 0.2) is 6.23 Å². The summed E-state index contributed by atoms with van der Waals surface area (Å²) in [5.74, 6) is 0. The number of hydrogen-bond acceptors (Lipinski definition) is 4. The first kappa shape index (κ1) is 13.4. The molecule has 0 spiro atoms. The van der Waals surface area contributed by atoms with E-state index in [0.717, 1.165) is 0 Å². The second-order valence-corrected chi connectivity index (χ2v) is 3.55. The summed E-state index contributed by atoms with van der Waals surface area (Å²) in [7, 11) is 1.46. The molecule has 0 aromatic carbocycles. The molecule has 0 aliphatic rings. The fourth-order valence-electron chi connectivity index (χ4n) is 1.35. The Hall–Kier alpha value is -1.66. The molecule has 0 bridgehead atoms. The highest BCUT2D eigenvalue weighted by atomic mass is 16.5. The van der Waals surface area contributed by atoms with Crippen molar-refractivity contribution in [3.8, 4) is 0 Å². The maximum absolute atomic E-state index is 11.6. The van der Waals surface area contributed by atoms with E-state index in [-0.39, 0.29) is 6.61 Å². The fourth-order valence-corrected chi connectivity index (χ4v) is 1.35. The first-order valence-electron chi connectivity index (χ1n) is 5.22. The molecule has 0 saturated carbocycles. The highest BCUT2D eigenvalue weighted by molar-refractivity contribution is 5.03. The largest absolute Gasteiger partial charge is 0.396 e. The number of ether oxygens (including phenoxy) is 1. The monoisotopic (exact) mass is 240 g/mol. The molecular formula is C11H16N2O4. The van der Waals surface area contributed by atoms with Crippen molar-refractivity contribution in [1.29, 1.82) is 0 Å². The smallest absolute Gasteiger partial charge is 0.330 e. The quantitative estimate of drug-likeness (QED) is 0.705. The molecule has 0 radical (unpaired) electrons. The SMILES string of the molecule is COC(C=CCCO)n1cc(C)c(=O)[nH]c1=O. The van der Waals surface area contributed by atoms with Gasteiger partial charge in [-0.1, -0.05) is 6.08 Å². The highest BCUT2D eigenvalue weighted by Gasteiger charge is 2.09. The van der Waals surface area contributed by atoms with Gasteiger partial charge in [0, 0.05) is 25.5 Å². The number of H-pyrrole nitrogens is 1. The molecule has 0 fully saturated rings. The molecule has 17 heavy (non-hydrogen) atoms. The van der Waals surface area contributed by atoms with Crippen LogP contribution in [0.1, 0.15) is 18.2 Å². The number of aromatic amines is 1. The number of methoxy groups -OCH3 is 1. The number of rotatable bonds is 5. The summed E-state index contributed by atoms with van der Waals surface area (Å²) in [5.41, 5.74) is -0.497. The molecule has 1 unspecified atom stereocenters. The van der Waals surface area contributed by atoms with Crippen LogP contribution in [-0.4, -0.2) is 28.4 Å². The van der Waals surface area contributed by atoms with E-state index in [1.807, 2.05) is 0 Å². The molecule has 1 atom stereocenters. The minimum Gasteiger partial charge on any atom is -0.396 e. The van der Waals surface area contributed by atoms with Crippen LogP contribution in [-0.2, 0) is 4.74 Å². The van der Waals surface area contributed by atoms with E-state index in [9.17, 15) is 9.59 Å². The summed E-state index contributed by atoms with van der Waals surface area (Å²) in [4.78, 5) is 25.0. The Labute approximate surface area is 98.2 Å². The average molecular weight is 240 g/mol. The molecule has 1 rings (SSSR count). The van der Waals surface area contributed by atoms with Crippen molar-refractivity contribution in [3.63, 3.8) is 0 Å². The van der Waals surface area contributed by atoms with Crippen LogP contribution >= 0.6 is 0 Å². The van der Waals surface area contributed by atoms with E-state index < -0.39 is 17.5 Å². The Morgan fingerprint density at radius 2 is 2.29 bits per heavy atom. The molecule has 1 aromatic rings. The second kappa shape index (κ2) is 6.17. The predicted molar refractivity (Wildman–Crippen MR) is 62.9 cm³/mol. The van der Waals surface area contributed by atoms with Crippen molar-refractivity contribution in [2.45, 2.75) is 19.6 Å². The number of nitrogens with zero attached hydrogens (tertiary/aromatic N) is 1. The molecule has 6 heteroatoms. The van der Waals surface area contributed by atoms with Crippen molar-refractivity contribution in [1.82, 2.24) is 9.55 Å². The van der Waals surface area contributed by atoms with Gasteiger partial charge in [-0.2, -0.15) is 0 Å². The zero-order valence-electron chi connectivity index (χ0n) is 9.84. The first-order valence-corrected chi connectivity index (χ1v) is 5.22.